The SMILES string of the molecule is FC1=[C]C=CCC1=S. The molecule has 1 aliphatic rings. The molecule has 0 spiro atoms. The highest BCUT2D eigenvalue weighted by molar-refractivity contribution is 7.80. The van der Waals surface area contributed by atoms with E-state index in [0.717, 1.165) is 0 Å². The van der Waals surface area contributed by atoms with Crippen LogP contribution < -0.4 is 0 Å². The number of rotatable bonds is 0. The van der Waals surface area contributed by atoms with Crippen LogP contribution in [0.15, 0.2) is 18.0 Å². The summed E-state index contributed by atoms with van der Waals surface area (Å²) < 4.78 is 12.2. The Morgan fingerprint density at radius 1 is 1.75 bits per heavy atom. The van der Waals surface area contributed by atoms with Crippen molar-refractivity contribution in [2.45, 2.75) is 6.42 Å². The fraction of sp³-hybridized carbons (Fsp3) is 0.167. The number of halogens is 1. The summed E-state index contributed by atoms with van der Waals surface area (Å²) in [6, 6.07) is 0. The van der Waals surface area contributed by atoms with Gasteiger partial charge in [-0.3, -0.25) is 0 Å². The third kappa shape index (κ3) is 1.01. The van der Waals surface area contributed by atoms with E-state index in [-0.39, 0.29) is 5.83 Å². The Kier molecular flexibility index (Phi) is 1.53. The third-order valence-electron chi connectivity index (χ3n) is 0.876. The van der Waals surface area contributed by atoms with Gasteiger partial charge in [-0.2, -0.15) is 0 Å². The Morgan fingerprint density at radius 3 is 2.88 bits per heavy atom. The van der Waals surface area contributed by atoms with E-state index in [9.17, 15) is 4.39 Å². The van der Waals surface area contributed by atoms with Gasteiger partial charge in [-0.15, -0.1) is 0 Å². The van der Waals surface area contributed by atoms with E-state index in [4.69, 9.17) is 0 Å². The summed E-state index contributed by atoms with van der Waals surface area (Å²) in [7, 11) is 0. The minimum Gasteiger partial charge on any atom is -0.205 e. The molecule has 1 rings (SSSR count). The Bertz CT molecular complexity index is 167. The standard InChI is InChI=1S/C6H4FS/c7-5-3-1-2-4-6(5)8/h1-2H,4H2. The third-order valence-corrected chi connectivity index (χ3v) is 1.22. The molecule has 1 radical (unpaired) electrons. The zero-order valence-corrected chi connectivity index (χ0v) is 4.96. The second kappa shape index (κ2) is 2.18. The van der Waals surface area contributed by atoms with Gasteiger partial charge in [0.1, 0.15) is 5.83 Å². The van der Waals surface area contributed by atoms with Crippen LogP contribution in [0.4, 0.5) is 4.39 Å². The van der Waals surface area contributed by atoms with E-state index >= 15 is 0 Å². The molecule has 0 unspecified atom stereocenters. The van der Waals surface area contributed by atoms with Crippen LogP contribution in [0.1, 0.15) is 6.42 Å². The van der Waals surface area contributed by atoms with Crippen molar-refractivity contribution in [3.63, 3.8) is 0 Å². The maximum absolute atomic E-state index is 12.2. The average molecular weight is 127 g/mol. The quantitative estimate of drug-likeness (QED) is 0.448. The first kappa shape index (κ1) is 5.63. The largest absolute Gasteiger partial charge is 0.205 e. The van der Waals surface area contributed by atoms with E-state index in [1.165, 1.54) is 0 Å². The highest BCUT2D eigenvalue weighted by Crippen LogP contribution is 2.08. The summed E-state index contributed by atoms with van der Waals surface area (Å²) in [6.45, 7) is 0. The van der Waals surface area contributed by atoms with Gasteiger partial charge in [0.05, 0.1) is 4.86 Å². The van der Waals surface area contributed by atoms with Crippen LogP contribution in [0.25, 0.3) is 0 Å². The monoisotopic (exact) mass is 127 g/mol. The van der Waals surface area contributed by atoms with Gasteiger partial charge in [0.15, 0.2) is 0 Å². The van der Waals surface area contributed by atoms with E-state index in [1.807, 2.05) is 0 Å². The van der Waals surface area contributed by atoms with Crippen molar-refractivity contribution in [2.75, 3.05) is 0 Å². The summed E-state index contributed by atoms with van der Waals surface area (Å²) >= 11 is 4.60. The molecular formula is C6H4FS. The van der Waals surface area contributed by atoms with E-state index in [2.05, 4.69) is 18.3 Å². The molecule has 0 aromatic carbocycles. The lowest BCUT2D eigenvalue weighted by Gasteiger charge is -1.97. The maximum atomic E-state index is 12.2. The predicted octanol–water partition coefficient (Wildman–Crippen LogP) is 1.97. The molecule has 0 aromatic heterocycles. The van der Waals surface area contributed by atoms with Gasteiger partial charge < -0.3 is 0 Å². The van der Waals surface area contributed by atoms with Crippen molar-refractivity contribution in [1.82, 2.24) is 0 Å². The van der Waals surface area contributed by atoms with E-state index < -0.39 is 0 Å². The van der Waals surface area contributed by atoms with Crippen molar-refractivity contribution in [3.05, 3.63) is 24.1 Å². The van der Waals surface area contributed by atoms with Crippen LogP contribution in [0, 0.1) is 6.08 Å². The summed E-state index contributed by atoms with van der Waals surface area (Å²) in [5.41, 5.74) is 0. The smallest absolute Gasteiger partial charge is 0.145 e. The van der Waals surface area contributed by atoms with Gasteiger partial charge in [-0.25, -0.2) is 4.39 Å². The Morgan fingerprint density at radius 2 is 2.50 bits per heavy atom. The maximum Gasteiger partial charge on any atom is 0.145 e. The topological polar surface area (TPSA) is 0 Å². The van der Waals surface area contributed by atoms with Crippen molar-refractivity contribution in [3.8, 4) is 0 Å². The molecule has 41 valence electrons. The van der Waals surface area contributed by atoms with Gasteiger partial charge in [0.25, 0.3) is 0 Å². The van der Waals surface area contributed by atoms with Crippen LogP contribution in [0.3, 0.4) is 0 Å². The van der Waals surface area contributed by atoms with Crippen LogP contribution in [-0.2, 0) is 0 Å². The fourth-order valence-electron chi connectivity index (χ4n) is 0.468. The van der Waals surface area contributed by atoms with Gasteiger partial charge in [0.2, 0.25) is 0 Å². The second-order valence-corrected chi connectivity index (χ2v) is 1.98. The number of hydrogen-bond acceptors (Lipinski definition) is 1. The van der Waals surface area contributed by atoms with Gasteiger partial charge >= 0.3 is 0 Å². The normalized spacial score (nSPS) is 18.6. The molecule has 1 aliphatic carbocycles. The molecule has 0 N–H and O–H groups in total. The molecule has 0 amide bonds. The molecule has 0 bridgehead atoms. The van der Waals surface area contributed by atoms with Gasteiger partial charge in [0, 0.05) is 12.5 Å². The van der Waals surface area contributed by atoms with Crippen molar-refractivity contribution < 1.29 is 4.39 Å². The van der Waals surface area contributed by atoms with Gasteiger partial charge in [-0.05, 0) is 0 Å². The van der Waals surface area contributed by atoms with Crippen LogP contribution >= 0.6 is 12.2 Å². The molecule has 8 heavy (non-hydrogen) atoms. The lowest BCUT2D eigenvalue weighted by atomic mass is 10.2. The highest BCUT2D eigenvalue weighted by Gasteiger charge is 2.03. The van der Waals surface area contributed by atoms with Crippen LogP contribution in [0.5, 0.6) is 0 Å². The molecular weight excluding hydrogens is 123 g/mol. The highest BCUT2D eigenvalue weighted by atomic mass is 32.1. The first-order chi connectivity index (χ1) is 3.80. The minimum absolute atomic E-state index is 0.354. The van der Waals surface area contributed by atoms with Crippen LogP contribution in [0.2, 0.25) is 0 Å². The zero-order chi connectivity index (χ0) is 5.98. The molecule has 0 heterocycles. The number of thiocarbonyl (C=S) groups is 1. The molecule has 0 atom stereocenters. The fourth-order valence-corrected chi connectivity index (χ4v) is 0.623. The average Bonchev–Trinajstić information content (AvgIpc) is 1.77. The summed E-state index contributed by atoms with van der Waals surface area (Å²) in [5.74, 6) is -0.387. The first-order valence-electron chi connectivity index (χ1n) is 2.28. The molecule has 0 saturated carbocycles. The number of hydrogen-bond donors (Lipinski definition) is 0. The summed E-state index contributed by atoms with van der Waals surface area (Å²) in [4.78, 5) is 0.354. The lowest BCUT2D eigenvalue weighted by Crippen LogP contribution is -1.95. The lowest BCUT2D eigenvalue weighted by molar-refractivity contribution is 0.677. The molecule has 0 aliphatic heterocycles. The second-order valence-electron chi connectivity index (χ2n) is 1.49. The van der Waals surface area contributed by atoms with Gasteiger partial charge in [-0.1, -0.05) is 24.4 Å². The van der Waals surface area contributed by atoms with Crippen LogP contribution in [-0.4, -0.2) is 4.86 Å². The zero-order valence-electron chi connectivity index (χ0n) is 4.15. The molecule has 0 fully saturated rings. The van der Waals surface area contributed by atoms with Crippen molar-refractivity contribution in [2.24, 2.45) is 0 Å². The minimum atomic E-state index is -0.387. The molecule has 0 aromatic rings. The Balaban J connectivity index is 2.80. The predicted molar refractivity (Wildman–Crippen MR) is 34.2 cm³/mol. The Hall–Kier alpha value is -0.500. The number of allylic oxidation sites excluding steroid dienone is 4. The first-order valence-corrected chi connectivity index (χ1v) is 2.69. The van der Waals surface area contributed by atoms with Crippen molar-refractivity contribution >= 4 is 17.1 Å². The molecule has 2 heteroatoms. The van der Waals surface area contributed by atoms with E-state index in [0.29, 0.717) is 11.3 Å². The van der Waals surface area contributed by atoms with E-state index in [1.54, 1.807) is 12.2 Å². The summed E-state index contributed by atoms with van der Waals surface area (Å²) in [5, 5.41) is 0. The molecule has 0 nitrogen and oxygen atoms in total. The Labute approximate surface area is 52.7 Å². The summed E-state index contributed by atoms with van der Waals surface area (Å²) in [6.07, 6.45) is 6.24. The van der Waals surface area contributed by atoms with Crippen molar-refractivity contribution in [1.29, 1.82) is 0 Å². The molecule has 0 saturated heterocycles.